The highest BCUT2D eigenvalue weighted by Gasteiger charge is 2.15. The predicted octanol–water partition coefficient (Wildman–Crippen LogP) is 0.766. The fourth-order valence-electron chi connectivity index (χ4n) is 1.40. The van der Waals surface area contributed by atoms with E-state index in [2.05, 4.69) is 15.4 Å². The summed E-state index contributed by atoms with van der Waals surface area (Å²) < 4.78 is 1.48. The fourth-order valence-corrected chi connectivity index (χ4v) is 1.40. The van der Waals surface area contributed by atoms with Gasteiger partial charge >= 0.3 is 5.97 Å². The van der Waals surface area contributed by atoms with Crippen molar-refractivity contribution in [3.8, 4) is 0 Å². The number of carboxylic acids is 1. The first-order valence-corrected chi connectivity index (χ1v) is 5.07. The van der Waals surface area contributed by atoms with Gasteiger partial charge in [-0.15, -0.1) is 0 Å². The van der Waals surface area contributed by atoms with Crippen LogP contribution in [0.1, 0.15) is 21.0 Å². The van der Waals surface area contributed by atoms with E-state index in [-0.39, 0.29) is 17.1 Å². The summed E-state index contributed by atoms with van der Waals surface area (Å²) in [7, 11) is 1.68. The summed E-state index contributed by atoms with van der Waals surface area (Å²) in [6, 6.07) is 4.55. The first kappa shape index (κ1) is 11.8. The van der Waals surface area contributed by atoms with Crippen LogP contribution in [-0.2, 0) is 7.05 Å². The molecule has 0 saturated carbocycles. The number of anilines is 1. The number of carbonyl (C=O) groups excluding carboxylic acids is 1. The Morgan fingerprint density at radius 3 is 2.78 bits per heavy atom. The number of aryl methyl sites for hydroxylation is 1. The molecule has 7 heteroatoms. The lowest BCUT2D eigenvalue weighted by Gasteiger charge is -2.05. The minimum Gasteiger partial charge on any atom is -0.476 e. The maximum Gasteiger partial charge on any atom is 0.356 e. The monoisotopic (exact) mass is 246 g/mol. The normalized spacial score (nSPS) is 10.1. The first-order valence-electron chi connectivity index (χ1n) is 5.07. The molecule has 2 N–H and O–H groups in total. The van der Waals surface area contributed by atoms with E-state index >= 15 is 0 Å². The van der Waals surface area contributed by atoms with Crippen LogP contribution in [0.4, 0.5) is 5.69 Å². The molecule has 2 rings (SSSR count). The quantitative estimate of drug-likeness (QED) is 0.833. The zero-order chi connectivity index (χ0) is 13.1. The van der Waals surface area contributed by atoms with Crippen molar-refractivity contribution >= 4 is 17.6 Å². The van der Waals surface area contributed by atoms with Crippen LogP contribution in [0.2, 0.25) is 0 Å². The number of pyridine rings is 1. The Morgan fingerprint density at radius 1 is 1.39 bits per heavy atom. The van der Waals surface area contributed by atoms with Crippen molar-refractivity contribution in [1.29, 1.82) is 0 Å². The summed E-state index contributed by atoms with van der Waals surface area (Å²) in [5.74, 6) is -1.68. The van der Waals surface area contributed by atoms with Gasteiger partial charge < -0.3 is 10.4 Å². The summed E-state index contributed by atoms with van der Waals surface area (Å²) in [5.41, 5.74) is 0.139. The lowest BCUT2D eigenvalue weighted by atomic mass is 10.3. The Balaban J connectivity index is 2.24. The average molecular weight is 246 g/mol. The summed E-state index contributed by atoms with van der Waals surface area (Å²) >= 11 is 0. The largest absolute Gasteiger partial charge is 0.476 e. The Hall–Kier alpha value is -2.70. The second-order valence-corrected chi connectivity index (χ2v) is 3.53. The van der Waals surface area contributed by atoms with Gasteiger partial charge in [-0.2, -0.15) is 5.10 Å². The molecule has 0 spiro atoms. The van der Waals surface area contributed by atoms with Crippen LogP contribution in [0.5, 0.6) is 0 Å². The van der Waals surface area contributed by atoms with Crippen LogP contribution in [0, 0.1) is 0 Å². The zero-order valence-corrected chi connectivity index (χ0v) is 9.49. The number of nitrogens with zero attached hydrogens (tertiary/aromatic N) is 3. The van der Waals surface area contributed by atoms with Crippen LogP contribution in [0.3, 0.4) is 0 Å². The van der Waals surface area contributed by atoms with Crippen LogP contribution < -0.4 is 5.32 Å². The van der Waals surface area contributed by atoms with E-state index in [4.69, 9.17) is 5.11 Å². The molecule has 2 aromatic rings. The third-order valence-corrected chi connectivity index (χ3v) is 2.20. The number of aromatic carboxylic acids is 1. The number of nitrogens with one attached hydrogen (secondary N) is 1. The smallest absolute Gasteiger partial charge is 0.356 e. The van der Waals surface area contributed by atoms with Crippen LogP contribution in [0.15, 0.2) is 30.6 Å². The number of carboxylic acid groups (broad SMARTS) is 1. The molecule has 0 unspecified atom stereocenters. The third-order valence-electron chi connectivity index (χ3n) is 2.20. The van der Waals surface area contributed by atoms with Gasteiger partial charge in [-0.3, -0.25) is 9.48 Å². The molecule has 0 aliphatic carbocycles. The zero-order valence-electron chi connectivity index (χ0n) is 9.49. The Kier molecular flexibility index (Phi) is 3.05. The number of amides is 1. The average Bonchev–Trinajstić information content (AvgIpc) is 2.76. The number of aromatic nitrogens is 3. The van der Waals surface area contributed by atoms with Crippen LogP contribution in [0.25, 0.3) is 0 Å². The van der Waals surface area contributed by atoms with Gasteiger partial charge in [-0.25, -0.2) is 9.78 Å². The van der Waals surface area contributed by atoms with Gasteiger partial charge in [-0.1, -0.05) is 0 Å². The summed E-state index contributed by atoms with van der Waals surface area (Å²) in [6.45, 7) is 0. The SMILES string of the molecule is Cn1ccc(C(=O)Nc2cccnc2C(=O)O)n1. The van der Waals surface area contributed by atoms with Gasteiger partial charge in [-0.05, 0) is 18.2 Å². The number of rotatable bonds is 3. The van der Waals surface area contributed by atoms with Crippen molar-refractivity contribution < 1.29 is 14.7 Å². The van der Waals surface area contributed by atoms with Gasteiger partial charge in [0.1, 0.15) is 0 Å². The number of hydrogen-bond donors (Lipinski definition) is 2. The first-order chi connectivity index (χ1) is 8.58. The molecule has 0 bridgehead atoms. The van der Waals surface area contributed by atoms with Gasteiger partial charge in [0, 0.05) is 19.4 Å². The third kappa shape index (κ3) is 2.34. The van der Waals surface area contributed by atoms with Crippen molar-refractivity contribution in [2.24, 2.45) is 7.05 Å². The van der Waals surface area contributed by atoms with E-state index in [1.54, 1.807) is 19.3 Å². The van der Waals surface area contributed by atoms with Crippen molar-refractivity contribution in [3.63, 3.8) is 0 Å². The molecule has 18 heavy (non-hydrogen) atoms. The molecule has 2 aromatic heterocycles. The number of carbonyl (C=O) groups is 2. The van der Waals surface area contributed by atoms with E-state index in [0.717, 1.165) is 0 Å². The molecule has 0 atom stereocenters. The highest BCUT2D eigenvalue weighted by Crippen LogP contribution is 2.13. The molecule has 0 saturated heterocycles. The number of hydrogen-bond acceptors (Lipinski definition) is 4. The second kappa shape index (κ2) is 4.66. The van der Waals surface area contributed by atoms with Gasteiger partial charge in [0.25, 0.3) is 5.91 Å². The van der Waals surface area contributed by atoms with Crippen molar-refractivity contribution in [3.05, 3.63) is 42.0 Å². The summed E-state index contributed by atoms with van der Waals surface area (Å²) in [6.07, 6.45) is 2.97. The molecule has 0 fully saturated rings. The minimum absolute atomic E-state index is 0.139. The van der Waals surface area contributed by atoms with E-state index in [0.29, 0.717) is 0 Å². The van der Waals surface area contributed by atoms with Gasteiger partial charge in [0.15, 0.2) is 11.4 Å². The van der Waals surface area contributed by atoms with E-state index < -0.39 is 11.9 Å². The second-order valence-electron chi connectivity index (χ2n) is 3.53. The summed E-state index contributed by atoms with van der Waals surface area (Å²) in [5, 5.41) is 15.3. The highest BCUT2D eigenvalue weighted by molar-refractivity contribution is 6.06. The molecule has 0 aromatic carbocycles. The predicted molar refractivity (Wildman–Crippen MR) is 62.4 cm³/mol. The highest BCUT2D eigenvalue weighted by atomic mass is 16.4. The van der Waals surface area contributed by atoms with E-state index in [1.165, 1.54) is 23.0 Å². The fraction of sp³-hybridized carbons (Fsp3) is 0.0909. The molecule has 7 nitrogen and oxygen atoms in total. The molecule has 0 radical (unpaired) electrons. The molecule has 0 aliphatic rings. The summed E-state index contributed by atoms with van der Waals surface area (Å²) in [4.78, 5) is 26.4. The topological polar surface area (TPSA) is 97.1 Å². The van der Waals surface area contributed by atoms with Crippen molar-refractivity contribution in [2.75, 3.05) is 5.32 Å². The maximum absolute atomic E-state index is 11.8. The molecule has 0 aliphatic heterocycles. The van der Waals surface area contributed by atoms with Gasteiger partial charge in [0.2, 0.25) is 0 Å². The van der Waals surface area contributed by atoms with E-state index in [1.807, 2.05) is 0 Å². The maximum atomic E-state index is 11.8. The van der Waals surface area contributed by atoms with Crippen LogP contribution >= 0.6 is 0 Å². The lowest BCUT2D eigenvalue weighted by molar-refractivity contribution is 0.0692. The van der Waals surface area contributed by atoms with Crippen molar-refractivity contribution in [1.82, 2.24) is 14.8 Å². The molecular formula is C11H10N4O3. The Labute approximate surface area is 102 Å². The molecular weight excluding hydrogens is 236 g/mol. The standard InChI is InChI=1S/C11H10N4O3/c1-15-6-4-8(14-15)10(16)13-7-3-2-5-12-9(7)11(17)18/h2-6H,1H3,(H,13,16)(H,17,18). The Bertz CT molecular complexity index is 606. The minimum atomic E-state index is -1.20. The van der Waals surface area contributed by atoms with Crippen LogP contribution in [-0.4, -0.2) is 31.7 Å². The van der Waals surface area contributed by atoms with Crippen molar-refractivity contribution in [2.45, 2.75) is 0 Å². The molecule has 92 valence electrons. The Morgan fingerprint density at radius 2 is 2.17 bits per heavy atom. The lowest BCUT2D eigenvalue weighted by Crippen LogP contribution is -2.16. The van der Waals surface area contributed by atoms with E-state index in [9.17, 15) is 9.59 Å². The van der Waals surface area contributed by atoms with Gasteiger partial charge in [0.05, 0.1) is 5.69 Å². The molecule has 2 heterocycles. The molecule has 1 amide bonds.